The Bertz CT molecular complexity index is 606. The molecule has 0 bridgehead atoms. The van der Waals surface area contributed by atoms with E-state index in [0.29, 0.717) is 12.2 Å². The third kappa shape index (κ3) is 3.39. The number of anilines is 1. The molecule has 108 valence electrons. The van der Waals surface area contributed by atoms with Crippen molar-refractivity contribution in [1.82, 2.24) is 19.3 Å². The first kappa shape index (κ1) is 14.6. The zero-order valence-electron chi connectivity index (χ0n) is 11.6. The van der Waals surface area contributed by atoms with Crippen LogP contribution in [0.4, 0.5) is 5.69 Å². The number of hydrogen-bond donors (Lipinski definition) is 1. The molecule has 0 radical (unpaired) electrons. The standard InChI is InChI=1S/C13H18ClN5O/c1-10(2)19-13(20)12(14)11(8-17-19)16-4-3-6-18-7-5-15-9-18/h5,7-10,16H,3-4,6H2,1-2H3. The number of nitrogens with zero attached hydrogens (tertiary/aromatic N) is 4. The fraction of sp³-hybridized carbons (Fsp3) is 0.462. The van der Waals surface area contributed by atoms with Crippen molar-refractivity contribution in [2.24, 2.45) is 0 Å². The fourth-order valence-corrected chi connectivity index (χ4v) is 2.04. The second-order valence-corrected chi connectivity index (χ2v) is 5.17. The maximum absolute atomic E-state index is 12.0. The van der Waals surface area contributed by atoms with Gasteiger partial charge in [0.2, 0.25) is 0 Å². The largest absolute Gasteiger partial charge is 0.382 e. The molecular formula is C13H18ClN5O. The van der Waals surface area contributed by atoms with Gasteiger partial charge < -0.3 is 9.88 Å². The van der Waals surface area contributed by atoms with Gasteiger partial charge in [-0.3, -0.25) is 4.79 Å². The van der Waals surface area contributed by atoms with Crippen molar-refractivity contribution in [3.8, 4) is 0 Å². The lowest BCUT2D eigenvalue weighted by molar-refractivity contribution is 0.503. The highest BCUT2D eigenvalue weighted by molar-refractivity contribution is 6.32. The van der Waals surface area contributed by atoms with Crippen LogP contribution < -0.4 is 10.9 Å². The molecule has 0 saturated carbocycles. The monoisotopic (exact) mass is 295 g/mol. The van der Waals surface area contributed by atoms with Crippen LogP contribution in [0, 0.1) is 0 Å². The minimum absolute atomic E-state index is 0.00436. The molecule has 0 fully saturated rings. The van der Waals surface area contributed by atoms with E-state index in [-0.39, 0.29) is 16.6 Å². The normalized spacial score (nSPS) is 11.0. The SMILES string of the molecule is CC(C)n1ncc(NCCCn2ccnc2)c(Cl)c1=O. The van der Waals surface area contributed by atoms with Crippen molar-refractivity contribution in [3.63, 3.8) is 0 Å². The van der Waals surface area contributed by atoms with Crippen molar-refractivity contribution in [2.75, 3.05) is 11.9 Å². The Morgan fingerprint density at radius 1 is 1.45 bits per heavy atom. The molecule has 1 N–H and O–H groups in total. The molecule has 7 heteroatoms. The quantitative estimate of drug-likeness (QED) is 0.830. The molecule has 0 atom stereocenters. The molecule has 0 aliphatic heterocycles. The molecule has 0 aromatic carbocycles. The number of halogens is 1. The Hall–Kier alpha value is -1.82. The van der Waals surface area contributed by atoms with E-state index in [0.717, 1.165) is 13.0 Å². The van der Waals surface area contributed by atoms with Gasteiger partial charge in [0.05, 0.1) is 24.3 Å². The summed E-state index contributed by atoms with van der Waals surface area (Å²) >= 11 is 6.07. The van der Waals surface area contributed by atoms with Gasteiger partial charge in [-0.15, -0.1) is 0 Å². The van der Waals surface area contributed by atoms with E-state index in [4.69, 9.17) is 11.6 Å². The van der Waals surface area contributed by atoms with Crippen molar-refractivity contribution in [2.45, 2.75) is 32.9 Å². The minimum Gasteiger partial charge on any atom is -0.382 e. The van der Waals surface area contributed by atoms with Crippen LogP contribution in [0.25, 0.3) is 0 Å². The zero-order chi connectivity index (χ0) is 14.5. The Morgan fingerprint density at radius 2 is 2.25 bits per heavy atom. The molecule has 0 aliphatic rings. The second-order valence-electron chi connectivity index (χ2n) is 4.80. The first-order valence-electron chi connectivity index (χ1n) is 6.56. The van der Waals surface area contributed by atoms with Crippen LogP contribution in [0.1, 0.15) is 26.3 Å². The Balaban J connectivity index is 1.93. The van der Waals surface area contributed by atoms with Crippen LogP contribution in [-0.4, -0.2) is 25.9 Å². The van der Waals surface area contributed by atoms with Crippen LogP contribution in [0.2, 0.25) is 5.02 Å². The number of imidazole rings is 1. The van der Waals surface area contributed by atoms with Crippen LogP contribution in [0.3, 0.4) is 0 Å². The predicted molar refractivity (Wildman–Crippen MR) is 79.2 cm³/mol. The van der Waals surface area contributed by atoms with E-state index in [1.54, 1.807) is 18.7 Å². The van der Waals surface area contributed by atoms with Gasteiger partial charge in [0.15, 0.2) is 0 Å². The molecule has 6 nitrogen and oxygen atoms in total. The van der Waals surface area contributed by atoms with Gasteiger partial charge in [0, 0.05) is 25.5 Å². The van der Waals surface area contributed by atoms with E-state index in [9.17, 15) is 4.79 Å². The van der Waals surface area contributed by atoms with Crippen LogP contribution in [-0.2, 0) is 6.54 Å². The summed E-state index contributed by atoms with van der Waals surface area (Å²) in [6.07, 6.45) is 7.94. The molecule has 2 aromatic heterocycles. The summed E-state index contributed by atoms with van der Waals surface area (Å²) in [5, 5.41) is 7.44. The lowest BCUT2D eigenvalue weighted by atomic mass is 10.3. The number of aromatic nitrogens is 4. The molecule has 0 unspecified atom stereocenters. The van der Waals surface area contributed by atoms with Gasteiger partial charge >= 0.3 is 0 Å². The maximum atomic E-state index is 12.0. The minimum atomic E-state index is -0.263. The number of hydrogen-bond acceptors (Lipinski definition) is 4. The summed E-state index contributed by atoms with van der Waals surface area (Å²) in [5.41, 5.74) is 0.320. The smallest absolute Gasteiger partial charge is 0.287 e. The van der Waals surface area contributed by atoms with Gasteiger partial charge in [-0.1, -0.05) is 11.6 Å². The maximum Gasteiger partial charge on any atom is 0.287 e. The van der Waals surface area contributed by atoms with E-state index in [2.05, 4.69) is 15.4 Å². The van der Waals surface area contributed by atoms with Crippen molar-refractivity contribution < 1.29 is 0 Å². The van der Waals surface area contributed by atoms with Gasteiger partial charge in [-0.25, -0.2) is 9.67 Å². The van der Waals surface area contributed by atoms with Crippen LogP contribution >= 0.6 is 11.6 Å². The molecule has 20 heavy (non-hydrogen) atoms. The highest BCUT2D eigenvalue weighted by Crippen LogP contribution is 2.16. The molecular weight excluding hydrogens is 278 g/mol. The summed E-state index contributed by atoms with van der Waals surface area (Å²) in [6.45, 7) is 5.36. The van der Waals surface area contributed by atoms with Crippen LogP contribution in [0.5, 0.6) is 0 Å². The average molecular weight is 296 g/mol. The lowest BCUT2D eigenvalue weighted by Crippen LogP contribution is -2.26. The van der Waals surface area contributed by atoms with Crippen molar-refractivity contribution in [3.05, 3.63) is 40.3 Å². The van der Waals surface area contributed by atoms with Crippen molar-refractivity contribution in [1.29, 1.82) is 0 Å². The van der Waals surface area contributed by atoms with Crippen LogP contribution in [0.15, 0.2) is 29.7 Å². The topological polar surface area (TPSA) is 64.7 Å². The summed E-state index contributed by atoms with van der Waals surface area (Å²) in [6, 6.07) is -0.00436. The van der Waals surface area contributed by atoms with Gasteiger partial charge in [0.1, 0.15) is 5.02 Å². The molecule has 0 spiro atoms. The van der Waals surface area contributed by atoms with E-state index in [1.165, 1.54) is 4.68 Å². The summed E-state index contributed by atoms with van der Waals surface area (Å²) in [4.78, 5) is 15.9. The van der Waals surface area contributed by atoms with Gasteiger partial charge in [-0.2, -0.15) is 5.10 Å². The zero-order valence-corrected chi connectivity index (χ0v) is 12.3. The fourth-order valence-electron chi connectivity index (χ4n) is 1.84. The number of aryl methyl sites for hydroxylation is 1. The predicted octanol–water partition coefficient (Wildman–Crippen LogP) is 2.18. The lowest BCUT2D eigenvalue weighted by Gasteiger charge is -2.12. The molecule has 2 rings (SSSR count). The number of nitrogens with one attached hydrogen (secondary N) is 1. The van der Waals surface area contributed by atoms with E-state index < -0.39 is 0 Å². The Labute approximate surface area is 122 Å². The molecule has 0 amide bonds. The molecule has 2 heterocycles. The molecule has 2 aromatic rings. The van der Waals surface area contributed by atoms with Crippen molar-refractivity contribution >= 4 is 17.3 Å². The highest BCUT2D eigenvalue weighted by Gasteiger charge is 2.10. The summed E-state index contributed by atoms with van der Waals surface area (Å²) < 4.78 is 3.37. The van der Waals surface area contributed by atoms with Gasteiger partial charge in [0.25, 0.3) is 5.56 Å². The van der Waals surface area contributed by atoms with E-state index in [1.807, 2.05) is 24.6 Å². The molecule has 0 saturated heterocycles. The molecule has 0 aliphatic carbocycles. The van der Waals surface area contributed by atoms with Gasteiger partial charge in [-0.05, 0) is 20.3 Å². The second kappa shape index (κ2) is 6.56. The third-order valence-electron chi connectivity index (χ3n) is 2.90. The number of rotatable bonds is 6. The summed E-state index contributed by atoms with van der Waals surface area (Å²) in [7, 11) is 0. The average Bonchev–Trinajstić information content (AvgIpc) is 2.92. The first-order chi connectivity index (χ1) is 9.59. The Morgan fingerprint density at radius 3 is 2.90 bits per heavy atom. The first-order valence-corrected chi connectivity index (χ1v) is 6.94. The summed E-state index contributed by atoms with van der Waals surface area (Å²) in [5.74, 6) is 0. The Kier molecular flexibility index (Phi) is 4.79. The van der Waals surface area contributed by atoms with E-state index >= 15 is 0 Å². The third-order valence-corrected chi connectivity index (χ3v) is 3.27. The highest BCUT2D eigenvalue weighted by atomic mass is 35.5.